The van der Waals surface area contributed by atoms with Crippen LogP contribution in [0.1, 0.15) is 44.6 Å². The molecule has 0 radical (unpaired) electrons. The first-order valence-electron chi connectivity index (χ1n) is 7.06. The van der Waals surface area contributed by atoms with Gasteiger partial charge < -0.3 is 5.32 Å². The molecule has 1 aliphatic heterocycles. The van der Waals surface area contributed by atoms with Gasteiger partial charge in [-0.15, -0.1) is 0 Å². The van der Waals surface area contributed by atoms with Crippen molar-refractivity contribution in [1.82, 2.24) is 5.32 Å². The highest BCUT2D eigenvalue weighted by Gasteiger charge is 2.35. The number of ketones is 1. The van der Waals surface area contributed by atoms with Crippen LogP contribution in [0.25, 0.3) is 0 Å². The van der Waals surface area contributed by atoms with Crippen molar-refractivity contribution in [3.8, 4) is 0 Å². The second-order valence-electron chi connectivity index (χ2n) is 5.33. The van der Waals surface area contributed by atoms with Gasteiger partial charge in [0.15, 0.2) is 5.78 Å². The minimum Gasteiger partial charge on any atom is -0.307 e. The second-order valence-corrected chi connectivity index (χ2v) is 5.33. The summed E-state index contributed by atoms with van der Waals surface area (Å²) in [4.78, 5) is 12.5. The Bertz CT molecular complexity index is 387. The Morgan fingerprint density at radius 1 is 1.39 bits per heavy atom. The molecule has 98 valence electrons. The Morgan fingerprint density at radius 2 is 2.11 bits per heavy atom. The molecule has 1 aromatic rings. The van der Waals surface area contributed by atoms with Crippen LogP contribution in [0.5, 0.6) is 0 Å². The number of carbonyl (C=O) groups is 1. The molecule has 2 rings (SSSR count). The van der Waals surface area contributed by atoms with E-state index >= 15 is 0 Å². The topological polar surface area (TPSA) is 29.1 Å². The van der Waals surface area contributed by atoms with Crippen LogP contribution in [0.2, 0.25) is 0 Å². The number of carbonyl (C=O) groups excluding carboxylic acids is 1. The maximum absolute atomic E-state index is 12.5. The maximum atomic E-state index is 12.5. The van der Waals surface area contributed by atoms with Crippen LogP contribution in [-0.2, 0) is 4.79 Å². The maximum Gasteiger partial charge on any atom is 0.153 e. The largest absolute Gasteiger partial charge is 0.307 e. The molecular weight excluding hydrogens is 222 g/mol. The van der Waals surface area contributed by atoms with Gasteiger partial charge in [0.2, 0.25) is 0 Å². The molecule has 1 aliphatic rings. The third-order valence-electron chi connectivity index (χ3n) is 3.96. The highest BCUT2D eigenvalue weighted by Crippen LogP contribution is 2.30. The number of nitrogens with one attached hydrogen (secondary N) is 1. The van der Waals surface area contributed by atoms with Gasteiger partial charge in [-0.05, 0) is 24.9 Å². The highest BCUT2D eigenvalue weighted by molar-refractivity contribution is 5.87. The Labute approximate surface area is 110 Å². The van der Waals surface area contributed by atoms with Crippen LogP contribution < -0.4 is 5.32 Å². The first kappa shape index (κ1) is 13.3. The molecule has 0 aliphatic carbocycles. The van der Waals surface area contributed by atoms with Gasteiger partial charge in [0.1, 0.15) is 0 Å². The normalized spacial score (nSPS) is 25.0. The fraction of sp³-hybridized carbons (Fsp3) is 0.562. The summed E-state index contributed by atoms with van der Waals surface area (Å²) in [5.41, 5.74) is 1.30. The van der Waals surface area contributed by atoms with Gasteiger partial charge in [-0.1, -0.05) is 50.6 Å². The van der Waals surface area contributed by atoms with Gasteiger partial charge >= 0.3 is 0 Å². The Balaban J connectivity index is 2.10. The van der Waals surface area contributed by atoms with Gasteiger partial charge in [0, 0.05) is 11.8 Å². The van der Waals surface area contributed by atoms with Crippen LogP contribution >= 0.6 is 0 Å². The molecule has 0 amide bonds. The van der Waals surface area contributed by atoms with Gasteiger partial charge in [-0.25, -0.2) is 0 Å². The molecule has 1 fully saturated rings. The second kappa shape index (κ2) is 6.14. The van der Waals surface area contributed by atoms with Crippen molar-refractivity contribution in [1.29, 1.82) is 0 Å². The lowest BCUT2D eigenvalue weighted by Gasteiger charge is -2.22. The lowest BCUT2D eigenvalue weighted by Crippen LogP contribution is -2.38. The van der Waals surface area contributed by atoms with Crippen LogP contribution in [0.3, 0.4) is 0 Å². The van der Waals surface area contributed by atoms with Crippen LogP contribution in [0.15, 0.2) is 30.3 Å². The lowest BCUT2D eigenvalue weighted by atomic mass is 9.85. The lowest BCUT2D eigenvalue weighted by molar-refractivity contribution is -0.124. The average Bonchev–Trinajstić information content (AvgIpc) is 2.88. The Morgan fingerprint density at radius 3 is 2.78 bits per heavy atom. The smallest absolute Gasteiger partial charge is 0.153 e. The van der Waals surface area contributed by atoms with Crippen molar-refractivity contribution < 1.29 is 4.79 Å². The molecule has 0 saturated carbocycles. The first-order valence-corrected chi connectivity index (χ1v) is 7.06. The van der Waals surface area contributed by atoms with Crippen molar-refractivity contribution in [2.45, 2.75) is 45.1 Å². The van der Waals surface area contributed by atoms with E-state index in [0.29, 0.717) is 11.7 Å². The van der Waals surface area contributed by atoms with Crippen molar-refractivity contribution >= 4 is 5.78 Å². The summed E-state index contributed by atoms with van der Waals surface area (Å²) in [6.45, 7) is 5.16. The Kier molecular flexibility index (Phi) is 4.54. The van der Waals surface area contributed by atoms with Gasteiger partial charge in [-0.3, -0.25) is 4.79 Å². The van der Waals surface area contributed by atoms with E-state index in [1.807, 2.05) is 6.07 Å². The summed E-state index contributed by atoms with van der Waals surface area (Å²) in [6.07, 6.45) is 3.15. The third kappa shape index (κ3) is 2.81. The van der Waals surface area contributed by atoms with E-state index in [9.17, 15) is 4.79 Å². The van der Waals surface area contributed by atoms with Gasteiger partial charge in [0.05, 0.1) is 6.04 Å². The van der Waals surface area contributed by atoms with E-state index in [1.165, 1.54) is 5.56 Å². The zero-order valence-corrected chi connectivity index (χ0v) is 11.4. The molecule has 1 aromatic carbocycles. The third-order valence-corrected chi connectivity index (χ3v) is 3.96. The standard InChI is InChI=1S/C16H23NO/c1-3-7-12(2)16(18)15-14(10-11-17-15)13-8-5-4-6-9-13/h4-6,8-9,12,14-15,17H,3,7,10-11H2,1-2H3/t12?,14-,15-/m0/s1. The van der Waals surface area contributed by atoms with Crippen molar-refractivity contribution in [2.75, 3.05) is 6.54 Å². The minimum atomic E-state index is 0.0222. The van der Waals surface area contributed by atoms with Gasteiger partial charge in [-0.2, -0.15) is 0 Å². The molecule has 1 heterocycles. The number of rotatable bonds is 5. The van der Waals surface area contributed by atoms with E-state index < -0.39 is 0 Å². The van der Waals surface area contributed by atoms with Crippen LogP contribution in [0, 0.1) is 5.92 Å². The summed E-state index contributed by atoms with van der Waals surface area (Å²) in [5, 5.41) is 3.39. The molecule has 1 N–H and O–H groups in total. The molecule has 0 bridgehead atoms. The minimum absolute atomic E-state index is 0.0222. The van der Waals surface area contributed by atoms with Crippen molar-refractivity contribution in [2.24, 2.45) is 5.92 Å². The zero-order chi connectivity index (χ0) is 13.0. The van der Waals surface area contributed by atoms with E-state index in [-0.39, 0.29) is 12.0 Å². The highest BCUT2D eigenvalue weighted by atomic mass is 16.1. The molecule has 2 heteroatoms. The fourth-order valence-corrected chi connectivity index (χ4v) is 2.94. The van der Waals surface area contributed by atoms with Crippen molar-refractivity contribution in [3.63, 3.8) is 0 Å². The zero-order valence-electron chi connectivity index (χ0n) is 11.4. The Hall–Kier alpha value is -1.15. The summed E-state index contributed by atoms with van der Waals surface area (Å²) in [6, 6.07) is 10.5. The summed E-state index contributed by atoms with van der Waals surface area (Å²) in [7, 11) is 0. The van der Waals surface area contributed by atoms with Crippen LogP contribution in [0.4, 0.5) is 0 Å². The van der Waals surface area contributed by atoms with E-state index in [1.54, 1.807) is 0 Å². The number of hydrogen-bond acceptors (Lipinski definition) is 2. The molecule has 0 spiro atoms. The molecular formula is C16H23NO. The molecule has 18 heavy (non-hydrogen) atoms. The quantitative estimate of drug-likeness (QED) is 0.863. The van der Waals surface area contributed by atoms with Gasteiger partial charge in [0.25, 0.3) is 0 Å². The molecule has 2 nitrogen and oxygen atoms in total. The number of Topliss-reactive ketones (excluding diaryl/α,β-unsaturated/α-hetero) is 1. The molecule has 0 aromatic heterocycles. The predicted octanol–water partition coefficient (Wildman–Crippen LogP) is 3.14. The first-order chi connectivity index (χ1) is 8.74. The van der Waals surface area contributed by atoms with Crippen molar-refractivity contribution in [3.05, 3.63) is 35.9 Å². The number of benzene rings is 1. The average molecular weight is 245 g/mol. The molecule has 1 saturated heterocycles. The van der Waals surface area contributed by atoms with Crippen LogP contribution in [-0.4, -0.2) is 18.4 Å². The van der Waals surface area contributed by atoms with E-state index in [2.05, 4.69) is 43.4 Å². The summed E-state index contributed by atoms with van der Waals surface area (Å²) < 4.78 is 0. The van der Waals surface area contributed by atoms with E-state index in [4.69, 9.17) is 0 Å². The summed E-state index contributed by atoms with van der Waals surface area (Å²) in [5.74, 6) is 0.929. The predicted molar refractivity (Wildman–Crippen MR) is 74.7 cm³/mol. The molecule has 1 unspecified atom stereocenters. The number of hydrogen-bond donors (Lipinski definition) is 1. The monoisotopic (exact) mass is 245 g/mol. The SMILES string of the molecule is CCCC(C)C(=O)[C@H]1NCC[C@H]1c1ccccc1. The summed E-state index contributed by atoms with van der Waals surface area (Å²) >= 11 is 0. The fourth-order valence-electron chi connectivity index (χ4n) is 2.94. The molecule has 3 atom stereocenters. The van der Waals surface area contributed by atoms with E-state index in [0.717, 1.165) is 25.8 Å².